The Morgan fingerprint density at radius 3 is 2.60 bits per heavy atom. The van der Waals surface area contributed by atoms with Gasteiger partial charge in [0, 0.05) is 18.8 Å². The molecular formula is C14H24N2O3S. The number of benzene rings is 1. The normalized spacial score (nSPS) is 12.0. The van der Waals surface area contributed by atoms with Gasteiger partial charge >= 0.3 is 0 Å². The number of unbranched alkanes of at least 4 members (excludes halogenated alkanes) is 1. The number of rotatable bonds is 8. The second kappa shape index (κ2) is 7.61. The molecule has 20 heavy (non-hydrogen) atoms. The number of nitrogen functional groups attached to an aromatic ring is 1. The molecule has 0 aliphatic rings. The van der Waals surface area contributed by atoms with Crippen LogP contribution in [0.25, 0.3) is 0 Å². The maximum absolute atomic E-state index is 12.0. The zero-order valence-corrected chi connectivity index (χ0v) is 13.2. The van der Waals surface area contributed by atoms with Crippen LogP contribution in [-0.4, -0.2) is 27.7 Å². The van der Waals surface area contributed by atoms with Crippen LogP contribution in [0.2, 0.25) is 0 Å². The molecule has 1 rings (SSSR count). The van der Waals surface area contributed by atoms with E-state index >= 15 is 0 Å². The summed E-state index contributed by atoms with van der Waals surface area (Å²) in [5, 5.41) is 0. The SMILES string of the molecule is Cc1ccc(S(=O)(=O)NCCCCOC(C)C)cc1N. The fourth-order valence-electron chi connectivity index (χ4n) is 1.62. The predicted molar refractivity (Wildman–Crippen MR) is 81.1 cm³/mol. The third-order valence-corrected chi connectivity index (χ3v) is 4.33. The Morgan fingerprint density at radius 2 is 2.00 bits per heavy atom. The first-order valence-corrected chi connectivity index (χ1v) is 8.28. The lowest BCUT2D eigenvalue weighted by Crippen LogP contribution is -2.25. The van der Waals surface area contributed by atoms with Crippen molar-refractivity contribution in [3.05, 3.63) is 23.8 Å². The molecule has 114 valence electrons. The molecule has 0 bridgehead atoms. The zero-order chi connectivity index (χ0) is 15.2. The summed E-state index contributed by atoms with van der Waals surface area (Å²) in [5.41, 5.74) is 7.09. The molecule has 0 radical (unpaired) electrons. The predicted octanol–water partition coefficient (Wildman–Crippen LogP) is 2.06. The largest absolute Gasteiger partial charge is 0.398 e. The number of nitrogens with one attached hydrogen (secondary N) is 1. The van der Waals surface area contributed by atoms with Crippen LogP contribution in [0.1, 0.15) is 32.3 Å². The number of aryl methyl sites for hydroxylation is 1. The van der Waals surface area contributed by atoms with Gasteiger partial charge < -0.3 is 10.5 Å². The molecule has 5 nitrogen and oxygen atoms in total. The summed E-state index contributed by atoms with van der Waals surface area (Å²) in [5.74, 6) is 0. The molecule has 0 heterocycles. The minimum absolute atomic E-state index is 0.207. The van der Waals surface area contributed by atoms with Crippen molar-refractivity contribution in [1.29, 1.82) is 0 Å². The first-order chi connectivity index (χ1) is 9.33. The molecule has 0 fully saturated rings. The van der Waals surface area contributed by atoms with Gasteiger partial charge in [0.05, 0.1) is 11.0 Å². The van der Waals surface area contributed by atoms with Crippen LogP contribution in [0.15, 0.2) is 23.1 Å². The summed E-state index contributed by atoms with van der Waals surface area (Å²) in [6.07, 6.45) is 1.78. The van der Waals surface area contributed by atoms with E-state index in [1.165, 1.54) is 6.07 Å². The number of hydrogen-bond acceptors (Lipinski definition) is 4. The molecule has 0 aromatic heterocycles. The number of ether oxygens (including phenoxy) is 1. The van der Waals surface area contributed by atoms with Crippen molar-refractivity contribution in [3.8, 4) is 0 Å². The molecule has 0 unspecified atom stereocenters. The van der Waals surface area contributed by atoms with Gasteiger partial charge in [0.2, 0.25) is 10.0 Å². The second-order valence-electron chi connectivity index (χ2n) is 5.04. The summed E-state index contributed by atoms with van der Waals surface area (Å²) in [6, 6.07) is 4.76. The van der Waals surface area contributed by atoms with Crippen LogP contribution >= 0.6 is 0 Å². The zero-order valence-electron chi connectivity index (χ0n) is 12.3. The highest BCUT2D eigenvalue weighted by molar-refractivity contribution is 7.89. The number of hydrogen-bond donors (Lipinski definition) is 2. The third kappa shape index (κ3) is 5.48. The van der Waals surface area contributed by atoms with E-state index in [-0.39, 0.29) is 11.0 Å². The standard InChI is InChI=1S/C14H24N2O3S/c1-11(2)19-9-5-4-8-16-20(17,18)13-7-6-12(3)14(15)10-13/h6-7,10-11,16H,4-5,8-9,15H2,1-3H3. The Morgan fingerprint density at radius 1 is 1.30 bits per heavy atom. The number of anilines is 1. The third-order valence-electron chi connectivity index (χ3n) is 2.88. The van der Waals surface area contributed by atoms with E-state index in [9.17, 15) is 8.42 Å². The minimum atomic E-state index is -3.47. The smallest absolute Gasteiger partial charge is 0.240 e. The van der Waals surface area contributed by atoms with E-state index in [1.807, 2.05) is 20.8 Å². The Labute approximate surface area is 121 Å². The quantitative estimate of drug-likeness (QED) is 0.569. The van der Waals surface area contributed by atoms with Crippen molar-refractivity contribution in [2.45, 2.75) is 44.6 Å². The molecule has 1 aromatic rings. The summed E-state index contributed by atoms with van der Waals surface area (Å²) in [6.45, 7) is 6.84. The van der Waals surface area contributed by atoms with Gasteiger partial charge in [0.15, 0.2) is 0 Å². The molecule has 0 saturated heterocycles. The van der Waals surface area contributed by atoms with Gasteiger partial charge in [-0.25, -0.2) is 13.1 Å². The first kappa shape index (κ1) is 16.9. The summed E-state index contributed by atoms with van der Waals surface area (Å²) in [7, 11) is -3.47. The van der Waals surface area contributed by atoms with Crippen molar-refractivity contribution < 1.29 is 13.2 Å². The van der Waals surface area contributed by atoms with Gasteiger partial charge in [-0.05, 0) is 51.3 Å². The molecule has 0 aliphatic carbocycles. The first-order valence-electron chi connectivity index (χ1n) is 6.80. The van der Waals surface area contributed by atoms with Crippen molar-refractivity contribution in [3.63, 3.8) is 0 Å². The Bertz CT molecular complexity index is 527. The highest BCUT2D eigenvalue weighted by Gasteiger charge is 2.13. The van der Waals surface area contributed by atoms with E-state index in [1.54, 1.807) is 12.1 Å². The van der Waals surface area contributed by atoms with Crippen molar-refractivity contribution in [1.82, 2.24) is 4.72 Å². The average molecular weight is 300 g/mol. The van der Waals surface area contributed by atoms with E-state index in [4.69, 9.17) is 10.5 Å². The molecular weight excluding hydrogens is 276 g/mol. The Balaban J connectivity index is 2.43. The van der Waals surface area contributed by atoms with E-state index in [0.29, 0.717) is 18.8 Å². The van der Waals surface area contributed by atoms with Crippen LogP contribution in [-0.2, 0) is 14.8 Å². The highest BCUT2D eigenvalue weighted by Crippen LogP contribution is 2.16. The highest BCUT2D eigenvalue weighted by atomic mass is 32.2. The van der Waals surface area contributed by atoms with Gasteiger partial charge in [-0.15, -0.1) is 0 Å². The topological polar surface area (TPSA) is 81.4 Å². The summed E-state index contributed by atoms with van der Waals surface area (Å²) >= 11 is 0. The fourth-order valence-corrected chi connectivity index (χ4v) is 2.73. The van der Waals surface area contributed by atoms with Gasteiger partial charge in [0.1, 0.15) is 0 Å². The minimum Gasteiger partial charge on any atom is -0.398 e. The van der Waals surface area contributed by atoms with E-state index < -0.39 is 10.0 Å². The molecule has 0 amide bonds. The van der Waals surface area contributed by atoms with Crippen molar-refractivity contribution >= 4 is 15.7 Å². The van der Waals surface area contributed by atoms with Crippen LogP contribution in [0.3, 0.4) is 0 Å². The number of nitrogens with two attached hydrogens (primary N) is 1. The molecule has 0 spiro atoms. The lowest BCUT2D eigenvalue weighted by Gasteiger charge is -2.09. The summed E-state index contributed by atoms with van der Waals surface area (Å²) in [4.78, 5) is 0.207. The monoisotopic (exact) mass is 300 g/mol. The maximum Gasteiger partial charge on any atom is 0.240 e. The van der Waals surface area contributed by atoms with E-state index in [0.717, 1.165) is 18.4 Å². The number of sulfonamides is 1. The maximum atomic E-state index is 12.0. The lowest BCUT2D eigenvalue weighted by atomic mass is 10.2. The van der Waals surface area contributed by atoms with Crippen molar-refractivity contribution in [2.24, 2.45) is 0 Å². The van der Waals surface area contributed by atoms with Crippen LogP contribution in [0.4, 0.5) is 5.69 Å². The summed E-state index contributed by atoms with van der Waals surface area (Å²) < 4.78 is 32.0. The average Bonchev–Trinajstić information content (AvgIpc) is 2.36. The molecule has 0 saturated carbocycles. The lowest BCUT2D eigenvalue weighted by molar-refractivity contribution is 0.0762. The van der Waals surface area contributed by atoms with Crippen molar-refractivity contribution in [2.75, 3.05) is 18.9 Å². The van der Waals surface area contributed by atoms with Gasteiger partial charge in [0.25, 0.3) is 0 Å². The van der Waals surface area contributed by atoms with Gasteiger partial charge in [-0.1, -0.05) is 6.07 Å². The van der Waals surface area contributed by atoms with E-state index in [2.05, 4.69) is 4.72 Å². The van der Waals surface area contributed by atoms with Crippen LogP contribution in [0, 0.1) is 6.92 Å². The second-order valence-corrected chi connectivity index (χ2v) is 6.81. The fraction of sp³-hybridized carbons (Fsp3) is 0.571. The molecule has 0 atom stereocenters. The molecule has 0 aliphatic heterocycles. The molecule has 6 heteroatoms. The van der Waals surface area contributed by atoms with Crippen LogP contribution < -0.4 is 10.5 Å². The van der Waals surface area contributed by atoms with Gasteiger partial charge in [-0.2, -0.15) is 0 Å². The Hall–Kier alpha value is -1.11. The Kier molecular flexibility index (Phi) is 6.45. The van der Waals surface area contributed by atoms with Gasteiger partial charge in [-0.3, -0.25) is 0 Å². The molecule has 1 aromatic carbocycles. The van der Waals surface area contributed by atoms with Crippen LogP contribution in [0.5, 0.6) is 0 Å². The molecule has 3 N–H and O–H groups in total.